The minimum atomic E-state index is -0.827. The fourth-order valence-corrected chi connectivity index (χ4v) is 4.60. The van der Waals surface area contributed by atoms with Gasteiger partial charge >= 0.3 is 0 Å². The second kappa shape index (κ2) is 13.2. The number of nitrogens with zero attached hydrogens (tertiary/aromatic N) is 2. The molecule has 0 aromatic heterocycles. The van der Waals surface area contributed by atoms with E-state index in [1.807, 2.05) is 86.6 Å². The minimum Gasteiger partial charge on any atom is -0.357 e. The number of hydrogen-bond acceptors (Lipinski definition) is 4. The van der Waals surface area contributed by atoms with Crippen LogP contribution >= 0.6 is 0 Å². The van der Waals surface area contributed by atoms with Gasteiger partial charge in [0.2, 0.25) is 17.7 Å². The van der Waals surface area contributed by atoms with Gasteiger partial charge in [-0.15, -0.1) is 0 Å². The highest BCUT2D eigenvalue weighted by molar-refractivity contribution is 5.95. The molecule has 0 spiro atoms. The Morgan fingerprint density at radius 2 is 1.51 bits per heavy atom. The third-order valence-corrected chi connectivity index (χ3v) is 6.93. The average molecular weight is 529 g/mol. The molecule has 3 N–H and O–H groups in total. The number of benzene rings is 3. The molecule has 0 aliphatic carbocycles. The Morgan fingerprint density at radius 3 is 2.18 bits per heavy atom. The van der Waals surface area contributed by atoms with E-state index in [1.165, 1.54) is 15.9 Å². The van der Waals surface area contributed by atoms with Gasteiger partial charge in [-0.2, -0.15) is 0 Å². The molecule has 0 aliphatic heterocycles. The Kier molecular flexibility index (Phi) is 10.0. The first kappa shape index (κ1) is 29.6. The van der Waals surface area contributed by atoms with Crippen LogP contribution in [0, 0.1) is 0 Å². The lowest BCUT2D eigenvalue weighted by atomic mass is 9.96. The lowest BCUT2D eigenvalue weighted by molar-refractivity contribution is -0.146. The number of nitrogens with two attached hydrogens (primary N) is 1. The number of rotatable bonds is 11. The van der Waals surface area contributed by atoms with E-state index in [1.54, 1.807) is 27.2 Å². The number of carbonyl (C=O) groups is 3. The summed E-state index contributed by atoms with van der Waals surface area (Å²) < 4.78 is 0. The zero-order valence-electron chi connectivity index (χ0n) is 23.6. The van der Waals surface area contributed by atoms with Crippen molar-refractivity contribution in [2.75, 3.05) is 21.1 Å². The first-order chi connectivity index (χ1) is 18.5. The highest BCUT2D eigenvalue weighted by Gasteiger charge is 2.34. The molecule has 7 heteroatoms. The summed E-state index contributed by atoms with van der Waals surface area (Å²) in [6, 6.07) is 22.0. The number of nitrogens with one attached hydrogen (secondary N) is 1. The van der Waals surface area contributed by atoms with E-state index in [0.717, 1.165) is 21.9 Å². The monoisotopic (exact) mass is 528 g/mol. The summed E-state index contributed by atoms with van der Waals surface area (Å²) in [5.41, 5.74) is 7.50. The Labute approximate surface area is 231 Å². The van der Waals surface area contributed by atoms with Gasteiger partial charge in [-0.05, 0) is 48.2 Å². The summed E-state index contributed by atoms with van der Waals surface area (Å²) in [4.78, 5) is 43.3. The molecule has 2 unspecified atom stereocenters. The quantitative estimate of drug-likeness (QED) is 0.371. The molecule has 3 aromatic carbocycles. The topological polar surface area (TPSA) is 95.7 Å². The number of hydrogen-bond donors (Lipinski definition) is 2. The van der Waals surface area contributed by atoms with Gasteiger partial charge < -0.3 is 20.9 Å². The molecule has 2 atom stereocenters. The first-order valence-electron chi connectivity index (χ1n) is 13.2. The van der Waals surface area contributed by atoms with Gasteiger partial charge in [0, 0.05) is 39.5 Å². The molecular weight excluding hydrogens is 488 g/mol. The van der Waals surface area contributed by atoms with E-state index in [2.05, 4.69) is 5.32 Å². The van der Waals surface area contributed by atoms with Crippen molar-refractivity contribution < 1.29 is 14.4 Å². The van der Waals surface area contributed by atoms with Crippen molar-refractivity contribution in [1.82, 2.24) is 15.1 Å². The molecule has 7 nitrogen and oxygen atoms in total. The van der Waals surface area contributed by atoms with Crippen LogP contribution in [0.15, 0.2) is 84.9 Å². The average Bonchev–Trinajstić information content (AvgIpc) is 2.93. The largest absolute Gasteiger partial charge is 0.357 e. The van der Waals surface area contributed by atoms with Crippen molar-refractivity contribution >= 4 is 28.5 Å². The Morgan fingerprint density at radius 1 is 0.872 bits per heavy atom. The maximum Gasteiger partial charge on any atom is 0.246 e. The number of likely N-dealkylation sites (N-methyl/N-ethyl adjacent to an activating group) is 3. The van der Waals surface area contributed by atoms with Crippen LogP contribution in [0.25, 0.3) is 10.8 Å². The molecule has 0 radical (unpaired) electrons. The molecule has 0 saturated heterocycles. The fraction of sp³-hybridized carbons (Fsp3) is 0.344. The summed E-state index contributed by atoms with van der Waals surface area (Å²) in [5, 5.41) is 4.77. The first-order valence-corrected chi connectivity index (χ1v) is 13.2. The van der Waals surface area contributed by atoms with E-state index >= 15 is 0 Å². The fourth-order valence-electron chi connectivity index (χ4n) is 4.60. The van der Waals surface area contributed by atoms with Crippen molar-refractivity contribution in [1.29, 1.82) is 0 Å². The molecule has 0 fully saturated rings. The lowest BCUT2D eigenvalue weighted by Gasteiger charge is -2.34. The second-order valence-corrected chi connectivity index (χ2v) is 10.7. The van der Waals surface area contributed by atoms with Crippen molar-refractivity contribution in [3.05, 3.63) is 96.1 Å². The molecule has 206 valence electrons. The van der Waals surface area contributed by atoms with Gasteiger partial charge in [-0.25, -0.2) is 0 Å². The number of fused-ring (bicyclic) bond motifs is 1. The van der Waals surface area contributed by atoms with Gasteiger partial charge in [0.15, 0.2) is 0 Å². The zero-order valence-corrected chi connectivity index (χ0v) is 23.6. The van der Waals surface area contributed by atoms with E-state index < -0.39 is 17.6 Å². The summed E-state index contributed by atoms with van der Waals surface area (Å²) in [5.74, 6) is -0.876. The van der Waals surface area contributed by atoms with Crippen LogP contribution in [0.5, 0.6) is 0 Å². The Balaban J connectivity index is 1.97. The van der Waals surface area contributed by atoms with Crippen molar-refractivity contribution in [3.63, 3.8) is 0 Å². The highest BCUT2D eigenvalue weighted by Crippen LogP contribution is 2.22. The van der Waals surface area contributed by atoms with Crippen LogP contribution in [0.1, 0.15) is 31.4 Å². The van der Waals surface area contributed by atoms with Crippen molar-refractivity contribution in [3.8, 4) is 0 Å². The van der Waals surface area contributed by atoms with Gasteiger partial charge in [0.1, 0.15) is 12.1 Å². The van der Waals surface area contributed by atoms with Crippen molar-refractivity contribution in [2.24, 2.45) is 5.73 Å². The number of amides is 3. The summed E-state index contributed by atoms with van der Waals surface area (Å²) in [6.45, 7) is 3.78. The third kappa shape index (κ3) is 8.01. The van der Waals surface area contributed by atoms with Crippen molar-refractivity contribution in [2.45, 2.75) is 50.7 Å². The molecular formula is C32H40N4O3. The van der Waals surface area contributed by atoms with E-state index in [4.69, 9.17) is 5.73 Å². The predicted octanol–water partition coefficient (Wildman–Crippen LogP) is 3.71. The minimum absolute atomic E-state index is 0.266. The van der Waals surface area contributed by atoms with Crippen LogP contribution in [-0.2, 0) is 27.2 Å². The van der Waals surface area contributed by atoms with Crippen LogP contribution in [-0.4, -0.2) is 66.3 Å². The Hall–Kier alpha value is -3.97. The highest BCUT2D eigenvalue weighted by atomic mass is 16.2. The van der Waals surface area contributed by atoms with Crippen LogP contribution < -0.4 is 11.1 Å². The number of carbonyl (C=O) groups excluding carboxylic acids is 3. The molecule has 3 amide bonds. The molecule has 3 aromatic rings. The van der Waals surface area contributed by atoms with E-state index in [0.29, 0.717) is 19.3 Å². The van der Waals surface area contributed by atoms with Crippen LogP contribution in [0.4, 0.5) is 0 Å². The van der Waals surface area contributed by atoms with E-state index in [-0.39, 0.29) is 17.7 Å². The van der Waals surface area contributed by atoms with Gasteiger partial charge in [0.05, 0.1) is 0 Å². The normalized spacial score (nSPS) is 13.2. The third-order valence-electron chi connectivity index (χ3n) is 6.93. The van der Waals surface area contributed by atoms with Crippen LogP contribution in [0.3, 0.4) is 0 Å². The van der Waals surface area contributed by atoms with Crippen LogP contribution in [0.2, 0.25) is 0 Å². The SMILES string of the molecule is CNC(=O)C(Cc1ccccc1)N(C)C(=O)C(Cc1cccc2ccccc12)N(C)C(=O)/C=C/CC(C)(C)N. The zero-order chi connectivity index (χ0) is 28.6. The summed E-state index contributed by atoms with van der Waals surface area (Å²) in [6.07, 6.45) is 4.38. The smallest absolute Gasteiger partial charge is 0.246 e. The Bertz CT molecular complexity index is 1310. The van der Waals surface area contributed by atoms with Gasteiger partial charge in [0.25, 0.3) is 0 Å². The predicted molar refractivity (Wildman–Crippen MR) is 157 cm³/mol. The van der Waals surface area contributed by atoms with Gasteiger partial charge in [-0.1, -0.05) is 78.9 Å². The summed E-state index contributed by atoms with van der Waals surface area (Å²) in [7, 11) is 4.83. The molecule has 3 rings (SSSR count). The molecule has 39 heavy (non-hydrogen) atoms. The standard InChI is InChI=1S/C32H40N4O3/c1-32(2,33)20-12-19-29(37)35(4)28(22-25-17-11-16-24-15-9-10-18-26(24)25)31(39)36(5)27(30(38)34-3)21-23-13-7-6-8-14-23/h6-19,27-28H,20-22,33H2,1-5H3,(H,34,38)/b19-12+. The second-order valence-electron chi connectivity index (χ2n) is 10.7. The molecule has 0 heterocycles. The molecule has 0 bridgehead atoms. The summed E-state index contributed by atoms with van der Waals surface area (Å²) >= 11 is 0. The molecule has 0 saturated carbocycles. The van der Waals surface area contributed by atoms with E-state index in [9.17, 15) is 14.4 Å². The lowest BCUT2D eigenvalue weighted by Crippen LogP contribution is -2.55. The maximum atomic E-state index is 14.1. The van der Waals surface area contributed by atoms with Gasteiger partial charge in [-0.3, -0.25) is 14.4 Å². The maximum absolute atomic E-state index is 14.1. The molecule has 0 aliphatic rings.